The lowest BCUT2D eigenvalue weighted by molar-refractivity contribution is 0.0945. The molecule has 0 aliphatic carbocycles. The molecule has 1 aliphatic heterocycles. The molecular formula is C19H24N4O2. The lowest BCUT2D eigenvalue weighted by Crippen LogP contribution is -2.38. The average molecular weight is 340 g/mol. The van der Waals surface area contributed by atoms with E-state index in [1.54, 1.807) is 25.4 Å². The van der Waals surface area contributed by atoms with E-state index < -0.39 is 0 Å². The first-order chi connectivity index (χ1) is 12.3. The number of hydrogen-bond donors (Lipinski definition) is 3. The summed E-state index contributed by atoms with van der Waals surface area (Å²) >= 11 is 0. The Morgan fingerprint density at radius 3 is 3.00 bits per heavy atom. The van der Waals surface area contributed by atoms with Crippen LogP contribution in [0.4, 0.5) is 11.5 Å². The van der Waals surface area contributed by atoms with Crippen LogP contribution in [0.2, 0.25) is 0 Å². The number of nitrogens with zero attached hydrogens (tertiary/aromatic N) is 1. The van der Waals surface area contributed by atoms with Crippen molar-refractivity contribution < 1.29 is 9.53 Å². The van der Waals surface area contributed by atoms with Crippen LogP contribution in [0.25, 0.3) is 0 Å². The van der Waals surface area contributed by atoms with E-state index in [4.69, 9.17) is 4.74 Å². The third kappa shape index (κ3) is 4.48. The van der Waals surface area contributed by atoms with Crippen LogP contribution in [0.15, 0.2) is 42.6 Å². The Bertz CT molecular complexity index is 714. The van der Waals surface area contributed by atoms with Crippen LogP contribution in [0.5, 0.6) is 5.75 Å². The van der Waals surface area contributed by atoms with E-state index in [0.717, 1.165) is 31.6 Å². The quantitative estimate of drug-likeness (QED) is 0.753. The van der Waals surface area contributed by atoms with Crippen LogP contribution >= 0.6 is 0 Å². The van der Waals surface area contributed by atoms with Gasteiger partial charge in [-0.05, 0) is 56.1 Å². The molecule has 3 rings (SSSR count). The van der Waals surface area contributed by atoms with Crippen LogP contribution in [0, 0.1) is 5.92 Å². The van der Waals surface area contributed by atoms with Crippen LogP contribution in [0.3, 0.4) is 0 Å². The second kappa shape index (κ2) is 8.48. The van der Waals surface area contributed by atoms with Gasteiger partial charge in [0.05, 0.1) is 18.4 Å². The van der Waals surface area contributed by atoms with Crippen LogP contribution in [-0.2, 0) is 0 Å². The molecule has 1 unspecified atom stereocenters. The number of hydrogen-bond acceptors (Lipinski definition) is 5. The summed E-state index contributed by atoms with van der Waals surface area (Å²) in [4.78, 5) is 16.9. The highest BCUT2D eigenvalue weighted by Gasteiger charge is 2.17. The Hall–Kier alpha value is -2.60. The maximum absolute atomic E-state index is 12.6. The minimum absolute atomic E-state index is 0.115. The van der Waals surface area contributed by atoms with Crippen molar-refractivity contribution >= 4 is 17.4 Å². The zero-order chi connectivity index (χ0) is 17.5. The second-order valence-corrected chi connectivity index (χ2v) is 6.15. The van der Waals surface area contributed by atoms with Gasteiger partial charge in [-0.3, -0.25) is 4.79 Å². The van der Waals surface area contributed by atoms with E-state index in [1.807, 2.05) is 24.3 Å². The summed E-state index contributed by atoms with van der Waals surface area (Å²) in [5.41, 5.74) is 1.30. The van der Waals surface area contributed by atoms with Crippen molar-refractivity contribution in [1.29, 1.82) is 0 Å². The number of amides is 1. The SMILES string of the molecule is COc1ccccc1Nc1ncccc1C(=O)NCC1CCCNC1. The number of nitrogens with one attached hydrogen (secondary N) is 3. The molecule has 1 fully saturated rings. The van der Waals surface area contributed by atoms with Gasteiger partial charge >= 0.3 is 0 Å². The molecule has 0 saturated carbocycles. The number of piperidine rings is 1. The molecule has 2 aromatic rings. The van der Waals surface area contributed by atoms with E-state index in [-0.39, 0.29) is 5.91 Å². The molecule has 1 atom stereocenters. The number of methoxy groups -OCH3 is 1. The summed E-state index contributed by atoms with van der Waals surface area (Å²) in [6, 6.07) is 11.1. The van der Waals surface area contributed by atoms with E-state index in [1.165, 1.54) is 0 Å². The lowest BCUT2D eigenvalue weighted by Gasteiger charge is -2.23. The van der Waals surface area contributed by atoms with Crippen molar-refractivity contribution in [2.45, 2.75) is 12.8 Å². The summed E-state index contributed by atoms with van der Waals surface area (Å²) in [6.07, 6.45) is 3.97. The minimum Gasteiger partial charge on any atom is -0.495 e. The van der Waals surface area contributed by atoms with Gasteiger partial charge in [0.25, 0.3) is 5.91 Å². The molecule has 0 spiro atoms. The Morgan fingerprint density at radius 2 is 2.20 bits per heavy atom. The van der Waals surface area contributed by atoms with Crippen LogP contribution in [0.1, 0.15) is 23.2 Å². The number of ether oxygens (including phenoxy) is 1. The molecule has 3 N–H and O–H groups in total. The molecule has 1 aromatic heterocycles. The number of benzene rings is 1. The molecule has 1 saturated heterocycles. The summed E-state index contributed by atoms with van der Waals surface area (Å²) in [5.74, 6) is 1.59. The molecule has 25 heavy (non-hydrogen) atoms. The summed E-state index contributed by atoms with van der Waals surface area (Å²) in [7, 11) is 1.62. The van der Waals surface area contributed by atoms with Gasteiger partial charge in [-0.2, -0.15) is 0 Å². The average Bonchev–Trinajstić information content (AvgIpc) is 2.68. The maximum Gasteiger partial charge on any atom is 0.255 e. The normalized spacial score (nSPS) is 16.9. The predicted octanol–water partition coefficient (Wildman–Crippen LogP) is 2.56. The standard InChI is InChI=1S/C19H24N4O2/c1-25-17-9-3-2-8-16(17)23-18-15(7-5-11-21-18)19(24)22-13-14-6-4-10-20-12-14/h2-3,5,7-9,11,14,20H,4,6,10,12-13H2,1H3,(H,21,23)(H,22,24). The van der Waals surface area contributed by atoms with Crippen molar-refractivity contribution in [3.05, 3.63) is 48.2 Å². The first-order valence-corrected chi connectivity index (χ1v) is 8.62. The van der Waals surface area contributed by atoms with E-state index in [9.17, 15) is 4.79 Å². The first-order valence-electron chi connectivity index (χ1n) is 8.62. The fraction of sp³-hybridized carbons (Fsp3) is 0.368. The van der Waals surface area contributed by atoms with Crippen molar-refractivity contribution in [2.75, 3.05) is 32.1 Å². The zero-order valence-corrected chi connectivity index (χ0v) is 14.4. The zero-order valence-electron chi connectivity index (χ0n) is 14.4. The summed E-state index contributed by atoms with van der Waals surface area (Å²) < 4.78 is 5.35. The molecule has 132 valence electrons. The van der Waals surface area contributed by atoms with Crippen molar-refractivity contribution in [3.8, 4) is 5.75 Å². The van der Waals surface area contributed by atoms with Gasteiger partial charge < -0.3 is 20.7 Å². The molecule has 6 heteroatoms. The highest BCUT2D eigenvalue weighted by molar-refractivity contribution is 5.99. The van der Waals surface area contributed by atoms with Crippen molar-refractivity contribution in [1.82, 2.24) is 15.6 Å². The van der Waals surface area contributed by atoms with Gasteiger partial charge in [0.1, 0.15) is 11.6 Å². The largest absolute Gasteiger partial charge is 0.495 e. The molecule has 0 radical (unpaired) electrons. The molecule has 1 aromatic carbocycles. The van der Waals surface area contributed by atoms with Crippen molar-refractivity contribution in [3.63, 3.8) is 0 Å². The number of aromatic nitrogens is 1. The molecule has 2 heterocycles. The Labute approximate surface area is 148 Å². The smallest absolute Gasteiger partial charge is 0.255 e. The number of pyridine rings is 1. The summed E-state index contributed by atoms with van der Waals surface area (Å²) in [5, 5.41) is 9.60. The molecular weight excluding hydrogens is 316 g/mol. The number of para-hydroxylation sites is 2. The highest BCUT2D eigenvalue weighted by atomic mass is 16.5. The third-order valence-corrected chi connectivity index (χ3v) is 4.36. The number of anilines is 2. The minimum atomic E-state index is -0.115. The van der Waals surface area contributed by atoms with E-state index in [0.29, 0.717) is 29.6 Å². The van der Waals surface area contributed by atoms with E-state index in [2.05, 4.69) is 20.9 Å². The number of carbonyl (C=O) groups excluding carboxylic acids is 1. The first kappa shape index (κ1) is 17.2. The topological polar surface area (TPSA) is 75.3 Å². The van der Waals surface area contributed by atoms with Gasteiger partial charge in [0.2, 0.25) is 0 Å². The lowest BCUT2D eigenvalue weighted by atomic mass is 10.00. The molecule has 0 bridgehead atoms. The molecule has 6 nitrogen and oxygen atoms in total. The maximum atomic E-state index is 12.6. The fourth-order valence-electron chi connectivity index (χ4n) is 2.99. The van der Waals surface area contributed by atoms with Crippen LogP contribution in [-0.4, -0.2) is 37.6 Å². The van der Waals surface area contributed by atoms with Gasteiger partial charge in [0, 0.05) is 12.7 Å². The Morgan fingerprint density at radius 1 is 1.32 bits per heavy atom. The third-order valence-electron chi connectivity index (χ3n) is 4.36. The monoisotopic (exact) mass is 340 g/mol. The molecule has 1 amide bonds. The number of rotatable bonds is 6. The van der Waals surface area contributed by atoms with Gasteiger partial charge in [-0.1, -0.05) is 12.1 Å². The van der Waals surface area contributed by atoms with Gasteiger partial charge in [0.15, 0.2) is 0 Å². The predicted molar refractivity (Wildman–Crippen MR) is 98.4 cm³/mol. The van der Waals surface area contributed by atoms with E-state index >= 15 is 0 Å². The van der Waals surface area contributed by atoms with Gasteiger partial charge in [-0.25, -0.2) is 4.98 Å². The van der Waals surface area contributed by atoms with Gasteiger partial charge in [-0.15, -0.1) is 0 Å². The Kier molecular flexibility index (Phi) is 5.85. The number of carbonyl (C=O) groups is 1. The second-order valence-electron chi connectivity index (χ2n) is 6.15. The highest BCUT2D eigenvalue weighted by Crippen LogP contribution is 2.27. The summed E-state index contributed by atoms with van der Waals surface area (Å²) in [6.45, 7) is 2.70. The molecule has 1 aliphatic rings. The van der Waals surface area contributed by atoms with Crippen LogP contribution < -0.4 is 20.7 Å². The Balaban J connectivity index is 1.70. The fourth-order valence-corrected chi connectivity index (χ4v) is 2.99. The van der Waals surface area contributed by atoms with Crippen molar-refractivity contribution in [2.24, 2.45) is 5.92 Å².